The van der Waals surface area contributed by atoms with E-state index in [-0.39, 0.29) is 23.7 Å². The lowest BCUT2D eigenvalue weighted by molar-refractivity contribution is -0.230. The van der Waals surface area contributed by atoms with E-state index in [0.717, 1.165) is 24.0 Å². The Bertz CT molecular complexity index is 1370. The number of carbonyl (C=O) groups excluding carboxylic acids is 1. The van der Waals surface area contributed by atoms with Crippen LogP contribution in [0.5, 0.6) is 0 Å². The Balaban J connectivity index is 1.21. The van der Waals surface area contributed by atoms with E-state index >= 15 is 0 Å². The van der Waals surface area contributed by atoms with E-state index in [0.29, 0.717) is 36.9 Å². The number of ether oxygens (including phenoxy) is 1. The first kappa shape index (κ1) is 32.2. The molecule has 0 spiro atoms. The Morgan fingerprint density at radius 2 is 1.39 bits per heavy atom. The first-order chi connectivity index (χ1) is 21.2. The molecular formula is C34H39F2NO7. The minimum atomic E-state index is -1.37. The van der Waals surface area contributed by atoms with Crippen LogP contribution >= 0.6 is 0 Å². The molecule has 5 N–H and O–H groups in total. The molecular weight excluding hydrogens is 572 g/mol. The molecule has 5 rings (SSSR count). The number of aryl methyl sites for hydroxylation is 1. The van der Waals surface area contributed by atoms with Crippen molar-refractivity contribution in [1.82, 2.24) is 0 Å². The third-order valence-corrected chi connectivity index (χ3v) is 8.84. The van der Waals surface area contributed by atoms with E-state index in [1.54, 1.807) is 17.0 Å². The van der Waals surface area contributed by atoms with Crippen molar-refractivity contribution in [1.29, 1.82) is 0 Å². The van der Waals surface area contributed by atoms with Gasteiger partial charge in [0, 0.05) is 5.69 Å². The highest BCUT2D eigenvalue weighted by Crippen LogP contribution is 2.46. The van der Waals surface area contributed by atoms with Gasteiger partial charge in [-0.3, -0.25) is 4.79 Å². The van der Waals surface area contributed by atoms with Crippen LogP contribution in [0.3, 0.4) is 0 Å². The summed E-state index contributed by atoms with van der Waals surface area (Å²) in [5, 5.41) is 50.3. The number of rotatable bonds is 12. The van der Waals surface area contributed by atoms with Gasteiger partial charge in [-0.1, -0.05) is 42.8 Å². The fourth-order valence-electron chi connectivity index (χ4n) is 6.26. The summed E-state index contributed by atoms with van der Waals surface area (Å²) in [7, 11) is 0. The van der Waals surface area contributed by atoms with Crippen LogP contribution < -0.4 is 4.90 Å². The molecule has 2 heterocycles. The molecule has 1 amide bonds. The summed E-state index contributed by atoms with van der Waals surface area (Å²) < 4.78 is 32.5. The van der Waals surface area contributed by atoms with Gasteiger partial charge >= 0.3 is 0 Å². The highest BCUT2D eigenvalue weighted by Gasteiger charge is 2.48. The number of carbonyl (C=O) groups is 1. The molecule has 2 saturated heterocycles. The molecule has 0 saturated carbocycles. The van der Waals surface area contributed by atoms with Crippen molar-refractivity contribution in [3.8, 4) is 0 Å². The van der Waals surface area contributed by atoms with Gasteiger partial charge in [-0.15, -0.1) is 0 Å². The summed E-state index contributed by atoms with van der Waals surface area (Å²) in [6.07, 6.45) is -2.98. The van der Waals surface area contributed by atoms with Crippen LogP contribution in [-0.2, 0) is 16.0 Å². The van der Waals surface area contributed by atoms with Gasteiger partial charge < -0.3 is 35.2 Å². The van der Waals surface area contributed by atoms with Crippen molar-refractivity contribution in [3.63, 3.8) is 0 Å². The molecule has 0 aliphatic carbocycles. The first-order valence-corrected chi connectivity index (χ1v) is 15.1. The number of hydrogen-bond acceptors (Lipinski definition) is 7. The van der Waals surface area contributed by atoms with Gasteiger partial charge in [-0.2, -0.15) is 0 Å². The molecule has 8 atom stereocenters. The first-order valence-electron chi connectivity index (χ1n) is 15.1. The second-order valence-electron chi connectivity index (χ2n) is 11.7. The number of benzene rings is 3. The third kappa shape index (κ3) is 7.01. The van der Waals surface area contributed by atoms with Gasteiger partial charge in [-0.05, 0) is 85.2 Å². The zero-order chi connectivity index (χ0) is 31.4. The van der Waals surface area contributed by atoms with Gasteiger partial charge in [0.05, 0.1) is 30.8 Å². The normalized spacial score (nSPS) is 27.7. The molecule has 8 nitrogen and oxygen atoms in total. The Hall–Kier alpha value is -3.25. The maximum Gasteiger partial charge on any atom is 0.233 e. The topological polar surface area (TPSA) is 131 Å². The molecule has 3 aromatic carbocycles. The molecule has 3 aromatic rings. The Labute approximate surface area is 255 Å². The van der Waals surface area contributed by atoms with Gasteiger partial charge in [0.1, 0.15) is 36.1 Å². The number of halogens is 2. The van der Waals surface area contributed by atoms with E-state index in [4.69, 9.17) is 4.74 Å². The number of aliphatic hydroxyl groups is 5. The quantitative estimate of drug-likeness (QED) is 0.156. The maximum atomic E-state index is 13.6. The van der Waals surface area contributed by atoms with Crippen molar-refractivity contribution in [2.45, 2.75) is 81.2 Å². The lowest BCUT2D eigenvalue weighted by Gasteiger charge is -2.48. The van der Waals surface area contributed by atoms with Crippen molar-refractivity contribution >= 4 is 11.6 Å². The predicted molar refractivity (Wildman–Crippen MR) is 158 cm³/mol. The van der Waals surface area contributed by atoms with Gasteiger partial charge in [0.25, 0.3) is 0 Å². The molecule has 2 fully saturated rings. The van der Waals surface area contributed by atoms with Crippen LogP contribution in [0, 0.1) is 17.6 Å². The molecule has 0 bridgehead atoms. The number of amides is 1. The Morgan fingerprint density at radius 3 is 2.02 bits per heavy atom. The number of hydrogen-bond donors (Lipinski definition) is 5. The number of β-lactam (4-membered cyclic amide) rings is 1. The van der Waals surface area contributed by atoms with Crippen LogP contribution in [-0.4, -0.2) is 68.6 Å². The molecule has 236 valence electrons. The molecule has 0 unspecified atom stereocenters. The second kappa shape index (κ2) is 14.2. The largest absolute Gasteiger partial charge is 0.394 e. The fraction of sp³-hybridized carbons (Fsp3) is 0.441. The predicted octanol–water partition coefficient (Wildman–Crippen LogP) is 3.74. The highest BCUT2D eigenvalue weighted by molar-refractivity contribution is 6.03. The second-order valence-corrected chi connectivity index (χ2v) is 11.7. The molecule has 2 aliphatic heterocycles. The monoisotopic (exact) mass is 611 g/mol. The van der Waals surface area contributed by atoms with Crippen molar-refractivity contribution in [2.75, 3.05) is 11.5 Å². The molecule has 44 heavy (non-hydrogen) atoms. The average molecular weight is 612 g/mol. The van der Waals surface area contributed by atoms with Crippen LogP contribution in [0.2, 0.25) is 0 Å². The Morgan fingerprint density at radius 1 is 0.773 bits per heavy atom. The van der Waals surface area contributed by atoms with Gasteiger partial charge in [-0.25, -0.2) is 8.78 Å². The summed E-state index contributed by atoms with van der Waals surface area (Å²) >= 11 is 0. The molecule has 0 aromatic heterocycles. The third-order valence-electron chi connectivity index (χ3n) is 8.84. The fourth-order valence-corrected chi connectivity index (χ4v) is 6.26. The van der Waals surface area contributed by atoms with E-state index in [1.165, 1.54) is 36.4 Å². The zero-order valence-corrected chi connectivity index (χ0v) is 24.3. The molecule has 10 heteroatoms. The maximum absolute atomic E-state index is 13.6. The van der Waals surface area contributed by atoms with E-state index in [9.17, 15) is 39.1 Å². The number of unbranched alkanes of at least 4 members (excludes halogenated alkanes) is 1. The van der Waals surface area contributed by atoms with Gasteiger partial charge in [0.15, 0.2) is 0 Å². The summed E-state index contributed by atoms with van der Waals surface area (Å²) in [6.45, 7) is -0.450. The minimum Gasteiger partial charge on any atom is -0.394 e. The lowest BCUT2D eigenvalue weighted by atomic mass is 9.78. The summed E-state index contributed by atoms with van der Waals surface area (Å²) in [4.78, 5) is 15.0. The molecule has 2 aliphatic rings. The van der Waals surface area contributed by atoms with Gasteiger partial charge in [0.2, 0.25) is 5.91 Å². The average Bonchev–Trinajstić information content (AvgIpc) is 3.03. The molecule has 0 radical (unpaired) electrons. The van der Waals surface area contributed by atoms with Crippen molar-refractivity contribution < 1.29 is 43.8 Å². The zero-order valence-electron chi connectivity index (χ0n) is 24.3. The van der Waals surface area contributed by atoms with Crippen LogP contribution in [0.15, 0.2) is 72.8 Å². The van der Waals surface area contributed by atoms with E-state index < -0.39 is 49.0 Å². The number of anilines is 1. The van der Waals surface area contributed by atoms with Crippen molar-refractivity contribution in [2.24, 2.45) is 5.92 Å². The van der Waals surface area contributed by atoms with Crippen molar-refractivity contribution in [3.05, 3.63) is 101 Å². The smallest absolute Gasteiger partial charge is 0.233 e. The van der Waals surface area contributed by atoms with Crippen LogP contribution in [0.25, 0.3) is 0 Å². The van der Waals surface area contributed by atoms with E-state index in [1.807, 2.05) is 24.3 Å². The Kier molecular flexibility index (Phi) is 10.4. The highest BCUT2D eigenvalue weighted by atomic mass is 19.1. The number of aliphatic hydroxyl groups excluding tert-OH is 5. The minimum absolute atomic E-state index is 0.106. The standard InChI is InChI=1S/C34H39F2NO7/c35-23-11-9-21(10-12-23)27(39)18-17-26-30(37(34(26)43)25-15-13-24(36)14-16-25)22-7-5-20(6-8-22)3-1-2-4-28-31(40)33(42)32(41)29(19-38)44-28/h5-16,26-33,38-42H,1-4,17-19H2/t26-,27+,28+,29-,30-,31+,32-,33-/m1/s1. The van der Waals surface area contributed by atoms with E-state index in [2.05, 4.69) is 0 Å². The van der Waals surface area contributed by atoms with Crippen LogP contribution in [0.4, 0.5) is 14.5 Å². The summed E-state index contributed by atoms with van der Waals surface area (Å²) in [5.41, 5.74) is 3.17. The summed E-state index contributed by atoms with van der Waals surface area (Å²) in [6, 6.07) is 19.1. The number of nitrogens with zero attached hydrogens (tertiary/aromatic N) is 1. The summed E-state index contributed by atoms with van der Waals surface area (Å²) in [5.74, 6) is -1.28. The SMILES string of the molecule is O=C1[C@H](CC[C@H](O)c2ccc(F)cc2)[C@@H](c2ccc(CCCC[C@@H]3O[C@H](CO)[C@@H](O)[C@H](O)[C@H]3O)cc2)N1c1ccc(F)cc1. The lowest BCUT2D eigenvalue weighted by Crippen LogP contribution is -2.58. The van der Waals surface area contributed by atoms with Crippen LogP contribution in [0.1, 0.15) is 60.9 Å².